The third-order valence-electron chi connectivity index (χ3n) is 4.08. The number of hydrogen-bond acceptors (Lipinski definition) is 4. The minimum absolute atomic E-state index is 0.108. The van der Waals surface area contributed by atoms with Crippen LogP contribution in [-0.4, -0.2) is 43.9 Å². The zero-order chi connectivity index (χ0) is 21.2. The van der Waals surface area contributed by atoms with E-state index in [1.807, 2.05) is 44.4 Å². The van der Waals surface area contributed by atoms with Gasteiger partial charge >= 0.3 is 0 Å². The molecule has 0 saturated carbocycles. The first-order chi connectivity index (χ1) is 13.9. The molecule has 0 aliphatic carbocycles. The van der Waals surface area contributed by atoms with Crippen molar-refractivity contribution < 1.29 is 19.4 Å². The summed E-state index contributed by atoms with van der Waals surface area (Å²) < 4.78 is 0. The summed E-state index contributed by atoms with van der Waals surface area (Å²) in [6.07, 6.45) is 2.40. The van der Waals surface area contributed by atoms with Gasteiger partial charge in [0.25, 0.3) is 17.5 Å². The average molecular weight is 397 g/mol. The van der Waals surface area contributed by atoms with Gasteiger partial charge in [-0.3, -0.25) is 19.7 Å². The van der Waals surface area contributed by atoms with Crippen LogP contribution in [0.5, 0.6) is 0 Å². The highest BCUT2D eigenvalue weighted by Crippen LogP contribution is 2.13. The number of carbonyl (C=O) groups is 2. The van der Waals surface area contributed by atoms with Gasteiger partial charge in [-0.25, -0.2) is 0 Å². The topological polar surface area (TPSA) is 106 Å². The quantitative estimate of drug-likeness (QED) is 0.254. The molecule has 3 N–H and O–H groups in total. The molecule has 0 atom stereocenters. The fraction of sp³-hybridized carbons (Fsp3) is 0.238. The van der Waals surface area contributed by atoms with Crippen LogP contribution in [0.25, 0.3) is 6.08 Å². The lowest BCUT2D eigenvalue weighted by Crippen LogP contribution is -3.05. The Morgan fingerprint density at radius 3 is 2.31 bits per heavy atom. The standard InChI is InChI=1S/C21H24N4O4/c1-24(2)14-6-13-22-21(27)19(15-16-7-4-3-5-8-16)23-20(26)17-9-11-18(12-10-17)25(28)29/h3-5,7-12,15H,6,13-14H2,1-2H3,(H,22,27)(H,23,26)/p+1. The molecular weight excluding hydrogens is 372 g/mol. The molecule has 29 heavy (non-hydrogen) atoms. The van der Waals surface area contributed by atoms with E-state index in [2.05, 4.69) is 10.6 Å². The SMILES string of the molecule is C[NH+](C)CCCNC(=O)C(=Cc1ccccc1)NC(=O)c1ccc([N+](=O)[O-])cc1. The second-order valence-corrected chi connectivity index (χ2v) is 6.79. The number of hydrogen-bond donors (Lipinski definition) is 3. The maximum absolute atomic E-state index is 12.6. The fourth-order valence-corrected chi connectivity index (χ4v) is 2.54. The van der Waals surface area contributed by atoms with Crippen molar-refractivity contribution in [2.45, 2.75) is 6.42 Å². The van der Waals surface area contributed by atoms with E-state index in [-0.39, 0.29) is 16.9 Å². The monoisotopic (exact) mass is 397 g/mol. The Kier molecular flexibility index (Phi) is 8.05. The molecule has 2 rings (SSSR count). The number of amides is 2. The van der Waals surface area contributed by atoms with Crippen molar-refractivity contribution in [2.75, 3.05) is 27.2 Å². The Balaban J connectivity index is 2.14. The molecule has 0 aromatic heterocycles. The smallest absolute Gasteiger partial charge is 0.269 e. The summed E-state index contributed by atoms with van der Waals surface area (Å²) >= 11 is 0. The summed E-state index contributed by atoms with van der Waals surface area (Å²) in [7, 11) is 4.07. The zero-order valence-corrected chi connectivity index (χ0v) is 16.5. The van der Waals surface area contributed by atoms with Gasteiger partial charge < -0.3 is 15.5 Å². The number of carbonyl (C=O) groups excluding carboxylic acids is 2. The van der Waals surface area contributed by atoms with Gasteiger partial charge in [-0.1, -0.05) is 30.3 Å². The Hall–Kier alpha value is -3.52. The molecule has 2 aromatic rings. The van der Waals surface area contributed by atoms with Crippen molar-refractivity contribution in [1.82, 2.24) is 10.6 Å². The second-order valence-electron chi connectivity index (χ2n) is 6.79. The highest BCUT2D eigenvalue weighted by Gasteiger charge is 2.15. The predicted octanol–water partition coefficient (Wildman–Crippen LogP) is 1.02. The lowest BCUT2D eigenvalue weighted by atomic mass is 10.1. The average Bonchev–Trinajstić information content (AvgIpc) is 2.71. The highest BCUT2D eigenvalue weighted by molar-refractivity contribution is 6.05. The third-order valence-corrected chi connectivity index (χ3v) is 4.08. The van der Waals surface area contributed by atoms with E-state index in [0.29, 0.717) is 6.54 Å². The first-order valence-electron chi connectivity index (χ1n) is 9.26. The number of nitrogens with zero attached hydrogens (tertiary/aromatic N) is 1. The molecule has 0 radical (unpaired) electrons. The summed E-state index contributed by atoms with van der Waals surface area (Å²) in [6, 6.07) is 14.4. The number of rotatable bonds is 9. The van der Waals surface area contributed by atoms with Gasteiger partial charge in [-0.15, -0.1) is 0 Å². The molecule has 8 nitrogen and oxygen atoms in total. The van der Waals surface area contributed by atoms with Crippen LogP contribution in [-0.2, 0) is 4.79 Å². The number of nitrogens with one attached hydrogen (secondary N) is 3. The number of quaternary nitrogens is 1. The number of nitro groups is 1. The van der Waals surface area contributed by atoms with Gasteiger partial charge in [0.2, 0.25) is 0 Å². The van der Waals surface area contributed by atoms with Gasteiger partial charge in [0.05, 0.1) is 25.6 Å². The van der Waals surface area contributed by atoms with E-state index in [1.165, 1.54) is 29.2 Å². The van der Waals surface area contributed by atoms with Crippen LogP contribution in [0.3, 0.4) is 0 Å². The first-order valence-corrected chi connectivity index (χ1v) is 9.26. The Morgan fingerprint density at radius 2 is 1.72 bits per heavy atom. The maximum Gasteiger partial charge on any atom is 0.269 e. The molecule has 8 heteroatoms. The first kappa shape index (κ1) is 21.8. The molecule has 0 aliphatic heterocycles. The normalized spacial score (nSPS) is 11.2. The number of non-ortho nitro benzene ring substituents is 1. The van der Waals surface area contributed by atoms with Crippen LogP contribution < -0.4 is 15.5 Å². The summed E-state index contributed by atoms with van der Waals surface area (Å²) in [5, 5.41) is 16.2. The van der Waals surface area contributed by atoms with Crippen molar-refractivity contribution in [1.29, 1.82) is 0 Å². The molecular formula is C21H25N4O4+. The number of nitro benzene ring substituents is 1. The Bertz CT molecular complexity index is 877. The van der Waals surface area contributed by atoms with Crippen LogP contribution in [0.1, 0.15) is 22.3 Å². The maximum atomic E-state index is 12.6. The summed E-state index contributed by atoms with van der Waals surface area (Å²) in [6.45, 7) is 1.40. The van der Waals surface area contributed by atoms with E-state index in [0.717, 1.165) is 18.5 Å². The van der Waals surface area contributed by atoms with Crippen molar-refractivity contribution in [3.63, 3.8) is 0 Å². The van der Waals surface area contributed by atoms with Gasteiger partial charge in [0.15, 0.2) is 0 Å². The minimum Gasteiger partial charge on any atom is -0.351 e. The zero-order valence-electron chi connectivity index (χ0n) is 16.5. The summed E-state index contributed by atoms with van der Waals surface area (Å²) in [4.78, 5) is 36.7. The van der Waals surface area contributed by atoms with Crippen LogP contribution >= 0.6 is 0 Å². The van der Waals surface area contributed by atoms with Gasteiger partial charge in [-0.2, -0.15) is 0 Å². The van der Waals surface area contributed by atoms with Crippen molar-refractivity contribution in [3.8, 4) is 0 Å². The van der Waals surface area contributed by atoms with E-state index < -0.39 is 16.7 Å². The van der Waals surface area contributed by atoms with Crippen molar-refractivity contribution in [2.24, 2.45) is 0 Å². The molecule has 0 fully saturated rings. The van der Waals surface area contributed by atoms with Crippen LogP contribution in [0.15, 0.2) is 60.3 Å². The van der Waals surface area contributed by atoms with Crippen molar-refractivity contribution in [3.05, 3.63) is 81.5 Å². The second kappa shape index (κ2) is 10.7. The predicted molar refractivity (Wildman–Crippen MR) is 110 cm³/mol. The van der Waals surface area contributed by atoms with Gasteiger partial charge in [-0.05, 0) is 23.8 Å². The van der Waals surface area contributed by atoms with E-state index in [1.54, 1.807) is 6.08 Å². The van der Waals surface area contributed by atoms with Crippen molar-refractivity contribution >= 4 is 23.6 Å². The minimum atomic E-state index is -0.536. The molecule has 2 amide bonds. The largest absolute Gasteiger partial charge is 0.351 e. The summed E-state index contributed by atoms with van der Waals surface area (Å²) in [5.74, 6) is -0.909. The Labute approximate surface area is 169 Å². The summed E-state index contributed by atoms with van der Waals surface area (Å²) in [5.41, 5.74) is 0.983. The molecule has 0 aliphatic rings. The van der Waals surface area contributed by atoms with E-state index >= 15 is 0 Å². The fourth-order valence-electron chi connectivity index (χ4n) is 2.54. The highest BCUT2D eigenvalue weighted by atomic mass is 16.6. The van der Waals surface area contributed by atoms with Crippen LogP contribution in [0.2, 0.25) is 0 Å². The third kappa shape index (κ3) is 7.19. The Morgan fingerprint density at radius 1 is 1.07 bits per heavy atom. The molecule has 0 bridgehead atoms. The lowest BCUT2D eigenvalue weighted by molar-refractivity contribution is -0.858. The molecule has 0 unspecified atom stereocenters. The van der Waals surface area contributed by atoms with Crippen LogP contribution in [0.4, 0.5) is 5.69 Å². The van der Waals surface area contributed by atoms with E-state index in [4.69, 9.17) is 0 Å². The van der Waals surface area contributed by atoms with Gasteiger partial charge in [0.1, 0.15) is 5.70 Å². The molecule has 0 spiro atoms. The lowest BCUT2D eigenvalue weighted by Gasteiger charge is -2.12. The molecule has 2 aromatic carbocycles. The van der Waals surface area contributed by atoms with Crippen LogP contribution in [0, 0.1) is 10.1 Å². The van der Waals surface area contributed by atoms with E-state index in [9.17, 15) is 19.7 Å². The number of benzene rings is 2. The molecule has 0 heterocycles. The van der Waals surface area contributed by atoms with Gasteiger partial charge in [0, 0.05) is 30.7 Å². The molecule has 152 valence electrons. The molecule has 0 saturated heterocycles.